The summed E-state index contributed by atoms with van der Waals surface area (Å²) in [6.45, 7) is 4.16. The number of fused-ring (bicyclic) bond motifs is 2. The number of ether oxygens (including phenoxy) is 1. The Morgan fingerprint density at radius 2 is 1.93 bits per heavy atom. The summed E-state index contributed by atoms with van der Waals surface area (Å²) >= 11 is 0. The van der Waals surface area contributed by atoms with Crippen LogP contribution in [0.25, 0.3) is 0 Å². The third-order valence-electron chi connectivity index (χ3n) is 6.09. The molecule has 0 radical (unpaired) electrons. The van der Waals surface area contributed by atoms with E-state index in [1.54, 1.807) is 13.2 Å². The fourth-order valence-electron chi connectivity index (χ4n) is 4.47. The van der Waals surface area contributed by atoms with Crippen molar-refractivity contribution < 1.29 is 14.3 Å². The fourth-order valence-corrected chi connectivity index (χ4v) is 4.47. The molecule has 2 aromatic carbocycles. The van der Waals surface area contributed by atoms with Gasteiger partial charge in [0.15, 0.2) is 0 Å². The van der Waals surface area contributed by atoms with Crippen molar-refractivity contribution in [1.82, 2.24) is 10.2 Å². The fraction of sp³-hybridized carbons (Fsp3) is 0.417. The number of anilines is 1. The van der Waals surface area contributed by atoms with Gasteiger partial charge in [0.2, 0.25) is 0 Å². The van der Waals surface area contributed by atoms with Crippen LogP contribution in [0.3, 0.4) is 0 Å². The molecule has 1 unspecified atom stereocenters. The van der Waals surface area contributed by atoms with Crippen LogP contribution in [0.1, 0.15) is 58.9 Å². The molecule has 1 atom stereocenters. The molecule has 2 aliphatic rings. The molecule has 0 bridgehead atoms. The Kier molecular flexibility index (Phi) is 5.93. The lowest BCUT2D eigenvalue weighted by molar-refractivity contribution is 0.0656. The summed E-state index contributed by atoms with van der Waals surface area (Å²) < 4.78 is 5.17. The largest absolute Gasteiger partial charge is 0.497 e. The highest BCUT2D eigenvalue weighted by molar-refractivity contribution is 6.04. The minimum atomic E-state index is -0.139. The van der Waals surface area contributed by atoms with Crippen LogP contribution in [0.15, 0.2) is 42.5 Å². The Morgan fingerprint density at radius 3 is 2.67 bits per heavy atom. The van der Waals surface area contributed by atoms with E-state index in [4.69, 9.17) is 4.74 Å². The van der Waals surface area contributed by atoms with Crippen molar-refractivity contribution in [3.8, 4) is 5.75 Å². The lowest BCUT2D eigenvalue weighted by Crippen LogP contribution is -2.55. The maximum atomic E-state index is 13.1. The first kappa shape index (κ1) is 20.3. The highest BCUT2D eigenvalue weighted by Crippen LogP contribution is 2.35. The Labute approximate surface area is 177 Å². The zero-order chi connectivity index (χ0) is 21.1. The average Bonchev–Trinajstić information content (AvgIpc) is 3.04. The minimum Gasteiger partial charge on any atom is -0.497 e. The maximum Gasteiger partial charge on any atom is 0.257 e. The summed E-state index contributed by atoms with van der Waals surface area (Å²) in [5, 5.41) is 2.98. The Bertz CT molecular complexity index is 926. The molecule has 2 amide bonds. The molecular formula is C24H29N3O3. The molecule has 1 N–H and O–H groups in total. The number of rotatable bonds is 5. The molecule has 2 aromatic rings. The lowest BCUT2D eigenvalue weighted by Gasteiger charge is -2.44. The predicted molar refractivity (Wildman–Crippen MR) is 117 cm³/mol. The smallest absolute Gasteiger partial charge is 0.257 e. The monoisotopic (exact) mass is 407 g/mol. The van der Waals surface area contributed by atoms with Crippen LogP contribution < -0.4 is 15.0 Å². The van der Waals surface area contributed by atoms with Gasteiger partial charge in [-0.05, 0) is 62.1 Å². The van der Waals surface area contributed by atoms with Crippen molar-refractivity contribution in [2.75, 3.05) is 25.1 Å². The summed E-state index contributed by atoms with van der Waals surface area (Å²) in [5.74, 6) is 0.740. The summed E-state index contributed by atoms with van der Waals surface area (Å²) in [4.78, 5) is 30.2. The number of nitrogens with one attached hydrogen (secondary N) is 1. The number of amides is 2. The van der Waals surface area contributed by atoms with Gasteiger partial charge in [0, 0.05) is 25.2 Å². The van der Waals surface area contributed by atoms with Gasteiger partial charge in [-0.3, -0.25) is 9.59 Å². The van der Waals surface area contributed by atoms with Gasteiger partial charge >= 0.3 is 0 Å². The number of hydrogen-bond acceptors (Lipinski definition) is 4. The quantitative estimate of drug-likeness (QED) is 0.819. The van der Waals surface area contributed by atoms with E-state index in [0.29, 0.717) is 17.7 Å². The van der Waals surface area contributed by atoms with Crippen LogP contribution in [0.2, 0.25) is 0 Å². The molecule has 1 saturated heterocycles. The van der Waals surface area contributed by atoms with Crippen molar-refractivity contribution in [3.05, 3.63) is 59.2 Å². The second kappa shape index (κ2) is 8.78. The highest BCUT2D eigenvalue weighted by atomic mass is 16.5. The molecule has 0 aliphatic carbocycles. The number of benzene rings is 2. The molecular weight excluding hydrogens is 378 g/mol. The molecule has 30 heavy (non-hydrogen) atoms. The van der Waals surface area contributed by atoms with Gasteiger partial charge in [-0.1, -0.05) is 18.6 Å². The zero-order valence-electron chi connectivity index (χ0n) is 17.7. The first-order valence-corrected chi connectivity index (χ1v) is 10.7. The highest BCUT2D eigenvalue weighted by Gasteiger charge is 2.37. The maximum absolute atomic E-state index is 13.1. The van der Waals surface area contributed by atoms with Crippen LogP contribution in [0.5, 0.6) is 5.75 Å². The molecule has 158 valence electrons. The van der Waals surface area contributed by atoms with Crippen molar-refractivity contribution in [1.29, 1.82) is 0 Å². The van der Waals surface area contributed by atoms with Gasteiger partial charge < -0.3 is 19.9 Å². The predicted octanol–water partition coefficient (Wildman–Crippen LogP) is 3.81. The van der Waals surface area contributed by atoms with Gasteiger partial charge in [0.1, 0.15) is 11.9 Å². The van der Waals surface area contributed by atoms with Gasteiger partial charge in [-0.15, -0.1) is 0 Å². The lowest BCUT2D eigenvalue weighted by atomic mass is 10.0. The molecule has 0 saturated carbocycles. The topological polar surface area (TPSA) is 61.9 Å². The van der Waals surface area contributed by atoms with Gasteiger partial charge in [0.25, 0.3) is 11.8 Å². The van der Waals surface area contributed by atoms with Crippen LogP contribution >= 0.6 is 0 Å². The van der Waals surface area contributed by atoms with Crippen molar-refractivity contribution in [3.63, 3.8) is 0 Å². The van der Waals surface area contributed by atoms with E-state index in [0.717, 1.165) is 55.8 Å². The minimum absolute atomic E-state index is 0.0896. The second-order valence-electron chi connectivity index (χ2n) is 7.88. The molecule has 6 heteroatoms. The number of carbonyl (C=O) groups is 2. The number of methoxy groups -OCH3 is 1. The normalized spacial score (nSPS) is 18.3. The van der Waals surface area contributed by atoms with Gasteiger partial charge in [-0.2, -0.15) is 0 Å². The average molecular weight is 408 g/mol. The molecule has 6 nitrogen and oxygen atoms in total. The van der Waals surface area contributed by atoms with E-state index >= 15 is 0 Å². The Hall–Kier alpha value is -3.02. The molecule has 2 aliphatic heterocycles. The summed E-state index contributed by atoms with van der Waals surface area (Å²) in [6, 6.07) is 13.1. The summed E-state index contributed by atoms with van der Waals surface area (Å²) in [5.41, 5.74) is 3.15. The molecule has 2 heterocycles. The Balaban J connectivity index is 1.54. The molecule has 0 spiro atoms. The third kappa shape index (κ3) is 3.86. The van der Waals surface area contributed by atoms with Crippen molar-refractivity contribution in [2.45, 2.75) is 45.3 Å². The zero-order valence-corrected chi connectivity index (χ0v) is 17.7. The van der Waals surface area contributed by atoms with Crippen molar-refractivity contribution >= 4 is 17.5 Å². The van der Waals surface area contributed by atoms with Crippen LogP contribution in [-0.4, -0.2) is 43.1 Å². The first-order chi connectivity index (χ1) is 14.6. The van der Waals surface area contributed by atoms with Crippen LogP contribution in [-0.2, 0) is 6.54 Å². The number of carbonyl (C=O) groups excluding carboxylic acids is 2. The number of nitrogens with zero attached hydrogens (tertiary/aromatic N) is 2. The van der Waals surface area contributed by atoms with E-state index in [1.807, 2.05) is 41.3 Å². The number of hydrogen-bond donors (Lipinski definition) is 1. The molecule has 1 fully saturated rings. The van der Waals surface area contributed by atoms with E-state index < -0.39 is 0 Å². The SMILES string of the molecule is CCN1c2cc(C(=O)NCc3ccc(OC)cc3)ccc2C(=O)N2CCCCCC21. The second-order valence-corrected chi connectivity index (χ2v) is 7.88. The summed E-state index contributed by atoms with van der Waals surface area (Å²) in [7, 11) is 1.63. The van der Waals surface area contributed by atoms with E-state index in [2.05, 4.69) is 17.1 Å². The van der Waals surface area contributed by atoms with Crippen LogP contribution in [0.4, 0.5) is 5.69 Å². The van der Waals surface area contributed by atoms with E-state index in [1.165, 1.54) is 0 Å². The van der Waals surface area contributed by atoms with Crippen LogP contribution in [0, 0.1) is 0 Å². The van der Waals surface area contributed by atoms with E-state index in [9.17, 15) is 9.59 Å². The van der Waals surface area contributed by atoms with Gasteiger partial charge in [-0.25, -0.2) is 0 Å². The first-order valence-electron chi connectivity index (χ1n) is 10.7. The molecule has 0 aromatic heterocycles. The molecule has 4 rings (SSSR count). The standard InChI is InChI=1S/C24H29N3O3/c1-3-26-21-15-18(23(28)25-16-17-8-11-19(30-2)12-9-17)10-13-20(21)24(29)27-14-6-4-5-7-22(26)27/h8-13,15,22H,3-7,14,16H2,1-2H3,(H,25,28). The van der Waals surface area contributed by atoms with Crippen molar-refractivity contribution in [2.24, 2.45) is 0 Å². The Morgan fingerprint density at radius 1 is 1.13 bits per heavy atom. The van der Waals surface area contributed by atoms with Gasteiger partial charge in [0.05, 0.1) is 18.4 Å². The summed E-state index contributed by atoms with van der Waals surface area (Å²) in [6.07, 6.45) is 4.42. The van der Waals surface area contributed by atoms with E-state index in [-0.39, 0.29) is 18.0 Å². The third-order valence-corrected chi connectivity index (χ3v) is 6.09.